The van der Waals surface area contributed by atoms with Crippen LogP contribution in [0, 0.1) is 24.8 Å². The number of pyridine rings is 2. The van der Waals surface area contributed by atoms with E-state index in [0.29, 0.717) is 0 Å². The number of aryl methyl sites for hydroxylation is 1. The van der Waals surface area contributed by atoms with Crippen LogP contribution in [0.4, 0.5) is 4.39 Å². The molecule has 0 atom stereocenters. The minimum Gasteiger partial charge on any atom is 0 e. The van der Waals surface area contributed by atoms with E-state index in [1.807, 2.05) is 70.3 Å². The predicted molar refractivity (Wildman–Crippen MR) is 186 cm³/mol. The average molecular weight is 845 g/mol. The van der Waals surface area contributed by atoms with Crippen LogP contribution < -0.4 is 4.40 Å². The van der Waals surface area contributed by atoms with Crippen molar-refractivity contribution in [2.75, 3.05) is 0 Å². The van der Waals surface area contributed by atoms with E-state index in [0.717, 1.165) is 53.8 Å². The third-order valence-electron chi connectivity index (χ3n) is 7.33. The van der Waals surface area contributed by atoms with Crippen LogP contribution in [0.1, 0.15) is 63.0 Å². The van der Waals surface area contributed by atoms with E-state index in [4.69, 9.17) is 6.85 Å². The van der Waals surface area contributed by atoms with E-state index in [-0.39, 0.29) is 31.5 Å². The normalized spacial score (nSPS) is 14.0. The summed E-state index contributed by atoms with van der Waals surface area (Å²) >= 11 is -0.520. The third-order valence-corrected chi connectivity index (χ3v) is 12.8. The Kier molecular flexibility index (Phi) is 8.88. The molecule has 3 aromatic carbocycles. The number of aromatic nitrogens is 2. The molecular weight excluding hydrogens is 800 g/mol. The van der Waals surface area contributed by atoms with Gasteiger partial charge in [-0.1, -0.05) is 30.9 Å². The number of halogens is 1. The predicted octanol–water partition coefficient (Wildman–Crippen LogP) is 10.7. The number of hydrogen-bond acceptors (Lipinski definition) is 3. The van der Waals surface area contributed by atoms with Gasteiger partial charge in [0.1, 0.15) is 5.82 Å². The molecule has 6 aromatic rings. The van der Waals surface area contributed by atoms with Crippen molar-refractivity contribution in [3.8, 4) is 22.5 Å². The maximum Gasteiger partial charge on any atom is 0 e. The molecule has 0 saturated heterocycles. The van der Waals surface area contributed by atoms with Gasteiger partial charge >= 0.3 is 131 Å². The maximum absolute atomic E-state index is 13.6. The van der Waals surface area contributed by atoms with Crippen molar-refractivity contribution in [2.24, 2.45) is 0 Å². The molecule has 0 N–H and O–H groups in total. The van der Waals surface area contributed by atoms with Gasteiger partial charge in [-0.15, -0.1) is 23.8 Å². The number of fused-ring (bicyclic) bond motifs is 3. The van der Waals surface area contributed by atoms with Crippen molar-refractivity contribution in [3.05, 3.63) is 114 Å². The number of thiophene rings is 1. The van der Waals surface area contributed by atoms with Crippen LogP contribution in [0.2, 0.25) is 17.3 Å². The molecule has 0 saturated carbocycles. The van der Waals surface area contributed by atoms with E-state index in [1.165, 1.54) is 16.5 Å². The van der Waals surface area contributed by atoms with Gasteiger partial charge in [-0.3, -0.25) is 0 Å². The van der Waals surface area contributed by atoms with Crippen molar-refractivity contribution >= 4 is 49.2 Å². The fourth-order valence-corrected chi connectivity index (χ4v) is 9.49. The van der Waals surface area contributed by atoms with Gasteiger partial charge in [0.15, 0.2) is 0 Å². The Morgan fingerprint density at radius 1 is 0.886 bits per heavy atom. The minimum absolute atomic E-state index is 0. The summed E-state index contributed by atoms with van der Waals surface area (Å²) in [6.45, 7) is 5.38. The molecule has 0 unspecified atom stereocenters. The zero-order valence-electron chi connectivity index (χ0n) is 31.0. The summed E-state index contributed by atoms with van der Waals surface area (Å²) in [5, 5.41) is 1.93. The summed E-state index contributed by atoms with van der Waals surface area (Å²) in [6, 6.07) is 25.6. The van der Waals surface area contributed by atoms with Gasteiger partial charge in [-0.25, -0.2) is 4.39 Å². The van der Waals surface area contributed by atoms with Crippen LogP contribution >= 0.6 is 11.3 Å². The fourth-order valence-electron chi connectivity index (χ4n) is 4.98. The van der Waals surface area contributed by atoms with Crippen LogP contribution in [0.5, 0.6) is 0 Å². The molecule has 2 nitrogen and oxygen atoms in total. The van der Waals surface area contributed by atoms with E-state index in [1.54, 1.807) is 35.7 Å². The van der Waals surface area contributed by atoms with Crippen molar-refractivity contribution in [1.82, 2.24) is 9.97 Å². The SMILES string of the molecule is [2H]C(C)(C)c1ccnc(-c2[c-]ccc3c2sc2ccc(F)cc23)c1.[2H]C([2H])([2H])c1c[c-]c(-c2cc(C([2H])(C)C)[c]([Ge]([CH3])([CH3])[CH3])cn2)cc1.[Ir]. The van der Waals surface area contributed by atoms with Crippen LogP contribution in [-0.4, -0.2) is 23.2 Å². The summed E-state index contributed by atoms with van der Waals surface area (Å²) in [5.74, 6) is 5.27. The molecule has 0 fully saturated rings. The molecule has 0 aliphatic carbocycles. The van der Waals surface area contributed by atoms with Crippen molar-refractivity contribution in [3.63, 3.8) is 0 Å². The molecule has 0 amide bonds. The second-order valence-electron chi connectivity index (χ2n) is 12.1. The standard InChI is InChI=1S/C20H15FNS.C18H24GeN.Ir/c1-12(2)13-8-9-22-18(10-13)16-5-3-4-15-17-11-14(21)6-7-19(17)23-20(15)16;1-13(2)16-11-18(15-9-7-14(3)8-10-15)20-12-17(16)19(4,5)6;/h3-4,6-12H,1-2H3;7-9,11-13H,1-6H3;/q2*-1;/i12D;3D3,13D;. The molecule has 0 aliphatic rings. The first kappa shape index (κ1) is 27.6. The number of hydrogen-bond donors (Lipinski definition) is 0. The Labute approximate surface area is 288 Å². The van der Waals surface area contributed by atoms with Gasteiger partial charge in [0.05, 0.1) is 0 Å². The molecule has 6 heteroatoms. The molecule has 1 radical (unpaired) electrons. The summed E-state index contributed by atoms with van der Waals surface area (Å²) < 4.78 is 56.0. The first-order valence-corrected chi connectivity index (χ1v) is 22.4. The van der Waals surface area contributed by atoms with Crippen molar-refractivity contribution < 1.29 is 31.3 Å². The van der Waals surface area contributed by atoms with Gasteiger partial charge in [0.25, 0.3) is 0 Å². The smallest absolute Gasteiger partial charge is 0 e. The fraction of sp³-hybridized carbons (Fsp3) is 0.263. The monoisotopic (exact) mass is 846 g/mol. The molecule has 0 spiro atoms. The van der Waals surface area contributed by atoms with E-state index < -0.39 is 31.9 Å². The quantitative estimate of drug-likeness (QED) is 0.128. The molecule has 44 heavy (non-hydrogen) atoms. The maximum atomic E-state index is 13.6. The van der Waals surface area contributed by atoms with Crippen LogP contribution in [0.3, 0.4) is 0 Å². The zero-order valence-corrected chi connectivity index (χ0v) is 31.3. The van der Waals surface area contributed by atoms with Gasteiger partial charge in [-0.2, -0.15) is 11.3 Å². The summed E-state index contributed by atoms with van der Waals surface area (Å²) in [5.41, 5.74) is 5.37. The minimum atomic E-state index is -2.14. The third kappa shape index (κ3) is 7.57. The Morgan fingerprint density at radius 2 is 1.68 bits per heavy atom. The number of rotatable bonds is 5. The number of benzene rings is 3. The molecule has 3 aromatic heterocycles. The van der Waals surface area contributed by atoms with E-state index >= 15 is 0 Å². The molecule has 6 rings (SSSR count). The van der Waals surface area contributed by atoms with Crippen LogP contribution in [-0.2, 0) is 20.1 Å². The first-order valence-electron chi connectivity index (χ1n) is 16.8. The van der Waals surface area contributed by atoms with Gasteiger partial charge < -0.3 is 4.98 Å². The zero-order chi connectivity index (χ0) is 35.2. The van der Waals surface area contributed by atoms with Crippen LogP contribution in [0.25, 0.3) is 42.7 Å². The Bertz CT molecular complexity index is 2090. The van der Waals surface area contributed by atoms with Crippen molar-refractivity contribution in [2.45, 2.75) is 63.6 Å². The largest absolute Gasteiger partial charge is 0 e. The van der Waals surface area contributed by atoms with Gasteiger partial charge in [0.2, 0.25) is 0 Å². The topological polar surface area (TPSA) is 25.8 Å². The van der Waals surface area contributed by atoms with Crippen molar-refractivity contribution in [1.29, 1.82) is 0 Å². The Morgan fingerprint density at radius 3 is 2.34 bits per heavy atom. The van der Waals surface area contributed by atoms with Gasteiger partial charge in [0, 0.05) is 32.4 Å². The number of nitrogens with zero attached hydrogens (tertiary/aromatic N) is 2. The Hall–Kier alpha value is -2.70. The molecule has 229 valence electrons. The average Bonchev–Trinajstić information content (AvgIpc) is 3.37. The summed E-state index contributed by atoms with van der Waals surface area (Å²) in [7, 11) is 0. The molecule has 3 heterocycles. The van der Waals surface area contributed by atoms with Gasteiger partial charge in [-0.05, 0) is 45.9 Å². The first-order chi connectivity index (χ1) is 22.2. The van der Waals surface area contributed by atoms with E-state index in [2.05, 4.69) is 39.4 Å². The van der Waals surface area contributed by atoms with Crippen LogP contribution in [0.15, 0.2) is 79.1 Å². The Balaban J connectivity index is 0.000000216. The molecule has 0 bridgehead atoms. The van der Waals surface area contributed by atoms with E-state index in [9.17, 15) is 4.39 Å². The second-order valence-corrected chi connectivity index (χ2v) is 23.7. The summed E-state index contributed by atoms with van der Waals surface area (Å²) in [4.78, 5) is 9.05. The second kappa shape index (κ2) is 14.2. The summed E-state index contributed by atoms with van der Waals surface area (Å²) in [6.07, 6.45) is 3.65. The molecular formula is C38H39FGeIrN2S-2. The molecule has 0 aliphatic heterocycles.